The van der Waals surface area contributed by atoms with Crippen molar-refractivity contribution in [3.63, 3.8) is 0 Å². The summed E-state index contributed by atoms with van der Waals surface area (Å²) in [6.45, 7) is 15.1. The van der Waals surface area contributed by atoms with Crippen molar-refractivity contribution < 1.29 is 55.4 Å². The molecule has 1 aliphatic carbocycles. The molecule has 6 rings (SSSR count). The normalized spacial score (nSPS) is 17.0. The number of nitrogens with zero attached hydrogens (tertiary/aromatic N) is 6. The molecule has 62 heavy (non-hydrogen) atoms. The minimum absolute atomic E-state index is 0.0462. The number of aromatic nitrogens is 5. The van der Waals surface area contributed by atoms with Gasteiger partial charge in [0.25, 0.3) is 5.92 Å². The van der Waals surface area contributed by atoms with E-state index < -0.39 is 66.8 Å². The van der Waals surface area contributed by atoms with Crippen LogP contribution in [0.3, 0.4) is 0 Å². The van der Waals surface area contributed by atoms with Crippen LogP contribution in [0.15, 0.2) is 42.9 Å². The summed E-state index contributed by atoms with van der Waals surface area (Å²) in [6.07, 6.45) is -0.922. The highest BCUT2D eigenvalue weighted by Crippen LogP contribution is 2.50. The molecule has 2 aromatic carbocycles. The highest BCUT2D eigenvalue weighted by Gasteiger charge is 2.47. The molecule has 0 saturated heterocycles. The van der Waals surface area contributed by atoms with Crippen molar-refractivity contribution in [3.05, 3.63) is 54.2 Å². The minimum atomic E-state index is -3.89. The zero-order valence-electron chi connectivity index (χ0n) is 35.9. The van der Waals surface area contributed by atoms with E-state index in [-0.39, 0.29) is 50.3 Å². The van der Waals surface area contributed by atoms with Gasteiger partial charge in [-0.05, 0) is 43.1 Å². The van der Waals surface area contributed by atoms with Crippen molar-refractivity contribution in [1.82, 2.24) is 24.9 Å². The number of benzene rings is 2. The number of alkyl halides is 2. The predicted octanol–water partition coefficient (Wildman–Crippen LogP) is 10.5. The number of methoxy groups -OCH3 is 1. The molecule has 5 aromatic rings. The molecule has 1 saturated carbocycles. The summed E-state index contributed by atoms with van der Waals surface area (Å²) < 4.78 is 93.3. The summed E-state index contributed by atoms with van der Waals surface area (Å²) in [4.78, 5) is 35.5. The number of aryl methyl sites for hydroxylation is 1. The molecule has 1 N–H and O–H groups in total. The Bertz CT molecular complexity index is 2400. The van der Waals surface area contributed by atoms with Gasteiger partial charge in [0.15, 0.2) is 11.6 Å². The number of carbonyl (C=O) groups is 1. The van der Waals surface area contributed by atoms with Crippen molar-refractivity contribution in [2.75, 3.05) is 38.4 Å². The van der Waals surface area contributed by atoms with E-state index >= 15 is 4.39 Å². The number of hydrogen-bond donors (Lipinski definition) is 1. The molecule has 0 spiro atoms. The lowest BCUT2D eigenvalue weighted by atomic mass is 9.88. The number of fused-ring (bicyclic) bond motifs is 2. The Morgan fingerprint density at radius 2 is 1.58 bits per heavy atom. The summed E-state index contributed by atoms with van der Waals surface area (Å²) >= 11 is 1.22. The Labute approximate surface area is 364 Å². The van der Waals surface area contributed by atoms with Crippen molar-refractivity contribution >= 4 is 68.3 Å². The first-order valence-corrected chi connectivity index (χ1v) is 29.8. The van der Waals surface area contributed by atoms with E-state index in [1.807, 2.05) is 19.1 Å². The topological polar surface area (TPSA) is 177 Å². The molecule has 2 atom stereocenters. The maximum absolute atomic E-state index is 15.7. The monoisotopic (exact) mass is 936 g/mol. The maximum Gasteiger partial charge on any atom is 0.474 e. The van der Waals surface area contributed by atoms with Gasteiger partial charge < -0.3 is 19.3 Å². The number of phosphoric acid groups is 1. The van der Waals surface area contributed by atoms with Gasteiger partial charge in [-0.15, -0.1) is 11.3 Å². The van der Waals surface area contributed by atoms with Gasteiger partial charge in [0.05, 0.1) is 84.9 Å². The number of phosphoric ester groups is 1. The lowest BCUT2D eigenvalue weighted by Crippen LogP contribution is -2.54. The van der Waals surface area contributed by atoms with E-state index in [9.17, 15) is 23.2 Å². The molecule has 22 heteroatoms. The molecule has 1 fully saturated rings. The smallest absolute Gasteiger partial charge is 0.474 e. The average molecular weight is 937 g/mol. The van der Waals surface area contributed by atoms with Crippen molar-refractivity contribution in [3.8, 4) is 28.2 Å². The fraction of sp³-hybridized carbons (Fsp3) is 0.500. The van der Waals surface area contributed by atoms with Crippen LogP contribution in [0, 0.1) is 12.7 Å². The summed E-state index contributed by atoms with van der Waals surface area (Å²) in [7, 11) is -5.37. The molecule has 3 aromatic heterocycles. The van der Waals surface area contributed by atoms with Gasteiger partial charge in [-0.25, -0.2) is 47.5 Å². The fourth-order valence-corrected chi connectivity index (χ4v) is 10.5. The SMILES string of the molecule is COc1cnc2c(-c3nc4cc(F)c(O[C@H]5CC(F)(F)CC[C@H]5N(C(=O)O)c5cnc(OCCOP(=O)(OCC[Si](C)(C)C)OCC[Si](C)(C)C)nc5)cc4s3)cc(C)cc2n1. The third kappa shape index (κ3) is 12.5. The van der Waals surface area contributed by atoms with E-state index in [0.29, 0.717) is 37.7 Å². The second-order valence-electron chi connectivity index (χ2n) is 17.5. The van der Waals surface area contributed by atoms with E-state index in [4.69, 9.17) is 27.8 Å². The third-order valence-corrected chi connectivity index (χ3v) is 15.8. The van der Waals surface area contributed by atoms with Crippen LogP contribution in [0.1, 0.15) is 24.8 Å². The highest BCUT2D eigenvalue weighted by molar-refractivity contribution is 7.48. The molecular weight excluding hydrogens is 885 g/mol. The van der Waals surface area contributed by atoms with Crippen LogP contribution in [0.2, 0.25) is 51.4 Å². The minimum Gasteiger partial charge on any atom is -0.485 e. The summed E-state index contributed by atoms with van der Waals surface area (Å²) in [5, 5.41) is 10.9. The number of halogens is 3. The number of thiazole rings is 1. The van der Waals surface area contributed by atoms with Crippen LogP contribution in [0.5, 0.6) is 17.6 Å². The van der Waals surface area contributed by atoms with Gasteiger partial charge >= 0.3 is 19.9 Å². The van der Waals surface area contributed by atoms with Crippen LogP contribution >= 0.6 is 19.2 Å². The molecule has 15 nitrogen and oxygen atoms in total. The van der Waals surface area contributed by atoms with Crippen molar-refractivity contribution in [2.24, 2.45) is 0 Å². The average Bonchev–Trinajstić information content (AvgIpc) is 3.58. The van der Waals surface area contributed by atoms with Gasteiger partial charge in [-0.2, -0.15) is 0 Å². The molecule has 0 aliphatic heterocycles. The molecule has 0 unspecified atom stereocenters. The van der Waals surface area contributed by atoms with Crippen molar-refractivity contribution in [2.45, 2.75) is 95.6 Å². The van der Waals surface area contributed by atoms with E-state index in [1.165, 1.54) is 43.1 Å². The Morgan fingerprint density at radius 3 is 2.21 bits per heavy atom. The fourth-order valence-electron chi connectivity index (χ4n) is 6.57. The number of amides is 1. The van der Waals surface area contributed by atoms with Crippen LogP contribution in [-0.2, 0) is 18.1 Å². The Hall–Kier alpha value is -4.25. The number of hydrogen-bond acceptors (Lipinski definition) is 14. The summed E-state index contributed by atoms with van der Waals surface area (Å²) in [5.41, 5.74) is 2.95. The van der Waals surface area contributed by atoms with Gasteiger partial charge in [0, 0.05) is 40.3 Å². The number of carboxylic acid groups (broad SMARTS) is 1. The first kappa shape index (κ1) is 47.2. The number of ether oxygens (including phenoxy) is 3. The van der Waals surface area contributed by atoms with Gasteiger partial charge in [-0.3, -0.25) is 18.5 Å². The van der Waals surface area contributed by atoms with E-state index in [2.05, 4.69) is 64.2 Å². The maximum atomic E-state index is 15.7. The second-order valence-corrected chi connectivity index (χ2v) is 31.4. The lowest BCUT2D eigenvalue weighted by Gasteiger charge is -2.40. The molecule has 336 valence electrons. The zero-order valence-corrected chi connectivity index (χ0v) is 39.7. The van der Waals surface area contributed by atoms with Gasteiger partial charge in [-0.1, -0.05) is 39.3 Å². The highest BCUT2D eigenvalue weighted by atomic mass is 32.1. The zero-order chi connectivity index (χ0) is 45.0. The molecule has 0 radical (unpaired) electrons. The molecule has 3 heterocycles. The Kier molecular flexibility index (Phi) is 14.7. The molecule has 1 amide bonds. The third-order valence-electron chi connectivity index (χ3n) is 9.86. The second kappa shape index (κ2) is 19.2. The quantitative estimate of drug-likeness (QED) is 0.0470. The first-order chi connectivity index (χ1) is 29.1. The van der Waals surface area contributed by atoms with Crippen LogP contribution in [-0.4, -0.2) is 104 Å². The van der Waals surface area contributed by atoms with E-state index in [0.717, 1.165) is 28.6 Å². The molecule has 0 bridgehead atoms. The number of anilines is 1. The van der Waals surface area contributed by atoms with E-state index in [1.54, 1.807) is 0 Å². The first-order valence-electron chi connectivity index (χ1n) is 20.1. The van der Waals surface area contributed by atoms with Crippen LogP contribution < -0.4 is 19.1 Å². The molecule has 1 aliphatic rings. The summed E-state index contributed by atoms with van der Waals surface area (Å²) in [5.74, 6) is -4.06. The summed E-state index contributed by atoms with van der Waals surface area (Å²) in [6, 6.07) is 6.48. The van der Waals surface area contributed by atoms with Crippen LogP contribution in [0.25, 0.3) is 31.8 Å². The number of rotatable bonds is 19. The Balaban J connectivity index is 1.15. The lowest BCUT2D eigenvalue weighted by molar-refractivity contribution is -0.0769. The van der Waals surface area contributed by atoms with Gasteiger partial charge in [0.1, 0.15) is 17.7 Å². The molecular formula is C40H52F3N6O9PSSi2. The largest absolute Gasteiger partial charge is 0.485 e. The predicted molar refractivity (Wildman–Crippen MR) is 236 cm³/mol. The van der Waals surface area contributed by atoms with Crippen molar-refractivity contribution in [1.29, 1.82) is 0 Å². The standard InChI is InChI=1S/C40H52F3N6O9PSSi2/c1-25-17-27(36-30(18-25)47-35(53-2)24-44-36)37-48-29-19-28(41)32(20-34(29)60-37)58-33-21-40(42,43)10-9-31(33)49(39(50)51)26-22-45-38(46-23-26)54-11-12-55-59(52,56-13-15-61(3,4)5)57-14-16-62(6,7)8/h17-20,22-24,31,33H,9-16,21H2,1-8H3,(H,50,51)/t31-,33+/m1/s1. The van der Waals surface area contributed by atoms with Gasteiger partial charge in [0.2, 0.25) is 5.88 Å². The Morgan fingerprint density at radius 1 is 0.919 bits per heavy atom. The van der Waals surface area contributed by atoms with Crippen LogP contribution in [0.4, 0.5) is 23.7 Å².